The Hall–Kier alpha value is -8.20. The van der Waals surface area contributed by atoms with E-state index in [4.69, 9.17) is 0 Å². The van der Waals surface area contributed by atoms with E-state index >= 15 is 0 Å². The molecule has 8 saturated carbocycles. The highest BCUT2D eigenvalue weighted by atomic mass is 15.1. The summed E-state index contributed by atoms with van der Waals surface area (Å²) >= 11 is 0. The fourth-order valence-electron chi connectivity index (χ4n) is 19.4. The maximum absolute atomic E-state index is 2.69. The molecule has 8 aliphatic rings. The third-order valence-electron chi connectivity index (χ3n) is 22.5. The summed E-state index contributed by atoms with van der Waals surface area (Å²) < 4.78 is 0. The molecule has 8 bridgehead atoms. The van der Waals surface area contributed by atoms with E-state index < -0.39 is 0 Å². The van der Waals surface area contributed by atoms with Crippen molar-refractivity contribution in [1.82, 2.24) is 0 Å². The molecular formula is C84H78N2. The first-order chi connectivity index (χ1) is 42.1. The van der Waals surface area contributed by atoms with Gasteiger partial charge in [0.1, 0.15) is 0 Å². The van der Waals surface area contributed by atoms with Gasteiger partial charge in [-0.1, -0.05) is 180 Å². The van der Waals surface area contributed by atoms with Gasteiger partial charge in [0, 0.05) is 33.5 Å². The Morgan fingerprint density at radius 3 is 0.802 bits per heavy atom. The zero-order chi connectivity index (χ0) is 57.4. The second-order valence-electron chi connectivity index (χ2n) is 28.5. The lowest BCUT2D eigenvalue weighted by Crippen LogP contribution is -2.48. The second-order valence-corrected chi connectivity index (χ2v) is 28.5. The summed E-state index contributed by atoms with van der Waals surface area (Å²) in [6.07, 6.45) is 25.5. The van der Waals surface area contributed by atoms with Crippen LogP contribution in [0.15, 0.2) is 194 Å². The average Bonchev–Trinajstić information content (AvgIpc) is 0.813. The lowest BCUT2D eigenvalue weighted by Gasteiger charge is -2.57. The number of benzene rings is 11. The molecule has 8 aliphatic carbocycles. The minimum atomic E-state index is 0.174. The standard InChI is InChI=1S/C84H78N2/c1-53-5-13-57(14-6-53)17-19-59-21-29-69(30-22-59)85(67-25-9-55(3)10-26-67)77-39-35-73-79-71(77)33-37-75(83-47-61-41-62(48-83)43-63(42-61)49-83)81(79)74-36-40-78(72-34-38-76(82(73)80(72)74)84-50-64-44-65(51-84)46-66(45-64)52-84)86(68-27-11-56(4)12-28-68)70-31-23-60(24-32-70)20-18-58-15-7-54(2)8-16-58/h5-40,61-66H,41-52H2,1-4H3. The molecular weight excluding hydrogens is 1040 g/mol. The number of anilines is 6. The van der Waals surface area contributed by atoms with Gasteiger partial charge in [-0.15, -0.1) is 0 Å². The molecule has 2 heteroatoms. The molecule has 0 aliphatic heterocycles. The molecule has 2 nitrogen and oxygen atoms in total. The molecule has 19 rings (SSSR count). The molecule has 0 heterocycles. The van der Waals surface area contributed by atoms with Crippen LogP contribution >= 0.6 is 0 Å². The van der Waals surface area contributed by atoms with Crippen molar-refractivity contribution in [1.29, 1.82) is 0 Å². The maximum atomic E-state index is 2.69. The number of hydrogen-bond donors (Lipinski definition) is 0. The quantitative estimate of drug-likeness (QED) is 0.0683. The van der Waals surface area contributed by atoms with Crippen LogP contribution in [0.1, 0.15) is 133 Å². The highest BCUT2D eigenvalue weighted by molar-refractivity contribution is 6.37. The highest BCUT2D eigenvalue weighted by Gasteiger charge is 2.54. The van der Waals surface area contributed by atoms with E-state index in [1.807, 2.05) is 0 Å². The number of fused-ring (bicyclic) bond motifs is 2. The van der Waals surface area contributed by atoms with E-state index in [-0.39, 0.29) is 10.8 Å². The van der Waals surface area contributed by atoms with Crippen LogP contribution in [0.5, 0.6) is 0 Å². The number of nitrogens with zero attached hydrogens (tertiary/aromatic N) is 2. The Bertz CT molecular complexity index is 4100. The van der Waals surface area contributed by atoms with E-state index in [0.29, 0.717) is 0 Å². The Morgan fingerprint density at radius 1 is 0.267 bits per heavy atom. The van der Waals surface area contributed by atoms with Crippen LogP contribution < -0.4 is 9.80 Å². The monoisotopic (exact) mass is 1110 g/mol. The Balaban J connectivity index is 0.920. The van der Waals surface area contributed by atoms with Crippen molar-refractivity contribution < 1.29 is 0 Å². The molecule has 0 radical (unpaired) electrons. The number of rotatable bonds is 12. The first kappa shape index (κ1) is 52.2. The van der Waals surface area contributed by atoms with Crippen LogP contribution in [0.4, 0.5) is 34.1 Å². The summed E-state index contributed by atoms with van der Waals surface area (Å²) in [4.78, 5) is 5.14. The molecule has 0 spiro atoms. The molecule has 0 N–H and O–H groups in total. The smallest absolute Gasteiger partial charge is 0.0540 e. The van der Waals surface area contributed by atoms with Crippen LogP contribution in [0.3, 0.4) is 0 Å². The SMILES string of the molecule is Cc1ccc(C=Cc2ccc(N(c3ccc(C)cc3)c3ccc4c5c(C67CC8CC(CC(C8)C6)C7)ccc6c(N(c7ccc(C)cc7)c7ccc(C=Cc8ccc(C)cc8)cc7)ccc(c7c(C89CC%10CC(CC(C%10)C8)C9)ccc3c47)c65)cc2)cc1. The van der Waals surface area contributed by atoms with Crippen molar-refractivity contribution in [2.45, 2.75) is 116 Å². The van der Waals surface area contributed by atoms with Crippen LogP contribution in [-0.4, -0.2) is 0 Å². The summed E-state index contributed by atoms with van der Waals surface area (Å²) in [6.45, 7) is 8.73. The molecule has 86 heavy (non-hydrogen) atoms. The van der Waals surface area contributed by atoms with Crippen molar-refractivity contribution in [2.75, 3.05) is 9.80 Å². The molecule has 0 aromatic heterocycles. The predicted octanol–water partition coefficient (Wildman–Crippen LogP) is 23.2. The highest BCUT2D eigenvalue weighted by Crippen LogP contribution is 2.65. The molecule has 0 unspecified atom stereocenters. The lowest BCUT2D eigenvalue weighted by atomic mass is 9.47. The van der Waals surface area contributed by atoms with E-state index in [2.05, 4.69) is 256 Å². The first-order valence-corrected chi connectivity index (χ1v) is 32.7. The van der Waals surface area contributed by atoms with Crippen molar-refractivity contribution in [3.05, 3.63) is 250 Å². The zero-order valence-corrected chi connectivity index (χ0v) is 50.6. The van der Waals surface area contributed by atoms with Gasteiger partial charge in [-0.3, -0.25) is 0 Å². The zero-order valence-electron chi connectivity index (χ0n) is 50.6. The van der Waals surface area contributed by atoms with Gasteiger partial charge in [0.2, 0.25) is 0 Å². The largest absolute Gasteiger partial charge is 0.310 e. The average molecular weight is 1120 g/mol. The van der Waals surface area contributed by atoms with E-state index in [0.717, 1.165) is 35.5 Å². The Morgan fingerprint density at radius 2 is 0.512 bits per heavy atom. The van der Waals surface area contributed by atoms with Crippen molar-refractivity contribution in [2.24, 2.45) is 35.5 Å². The summed E-state index contributed by atoms with van der Waals surface area (Å²) in [6, 6.07) is 75.7. The van der Waals surface area contributed by atoms with Gasteiger partial charge < -0.3 is 9.80 Å². The fraction of sp³-hybridized carbons (Fsp3) is 0.286. The van der Waals surface area contributed by atoms with Gasteiger partial charge >= 0.3 is 0 Å². The summed E-state index contributed by atoms with van der Waals surface area (Å²) in [5.74, 6) is 4.97. The lowest BCUT2D eigenvalue weighted by molar-refractivity contribution is -0.00462. The predicted molar refractivity (Wildman–Crippen MR) is 366 cm³/mol. The molecule has 8 fully saturated rings. The molecule has 424 valence electrons. The van der Waals surface area contributed by atoms with Crippen molar-refractivity contribution >= 4 is 102 Å². The third-order valence-corrected chi connectivity index (χ3v) is 22.5. The van der Waals surface area contributed by atoms with Gasteiger partial charge in [0.15, 0.2) is 0 Å². The van der Waals surface area contributed by atoms with Crippen LogP contribution in [-0.2, 0) is 10.8 Å². The van der Waals surface area contributed by atoms with E-state index in [1.165, 1.54) is 199 Å². The molecule has 11 aromatic rings. The summed E-state index contributed by atoms with van der Waals surface area (Å²) in [5.41, 5.74) is 20.8. The van der Waals surface area contributed by atoms with Gasteiger partial charge in [-0.25, -0.2) is 0 Å². The normalized spacial score (nSPS) is 24.7. The van der Waals surface area contributed by atoms with Crippen molar-refractivity contribution in [3.63, 3.8) is 0 Å². The third kappa shape index (κ3) is 8.78. The van der Waals surface area contributed by atoms with Crippen LogP contribution in [0.2, 0.25) is 0 Å². The topological polar surface area (TPSA) is 6.48 Å². The molecule has 0 amide bonds. The molecule has 0 saturated heterocycles. The minimum absolute atomic E-state index is 0.174. The summed E-state index contributed by atoms with van der Waals surface area (Å²) in [7, 11) is 0. The fourth-order valence-corrected chi connectivity index (χ4v) is 19.4. The van der Waals surface area contributed by atoms with Crippen LogP contribution in [0, 0.1) is 63.2 Å². The van der Waals surface area contributed by atoms with E-state index in [1.54, 1.807) is 11.1 Å². The van der Waals surface area contributed by atoms with Crippen molar-refractivity contribution in [3.8, 4) is 0 Å². The van der Waals surface area contributed by atoms with E-state index in [9.17, 15) is 0 Å². The van der Waals surface area contributed by atoms with Gasteiger partial charge in [-0.2, -0.15) is 0 Å². The van der Waals surface area contributed by atoms with Gasteiger partial charge in [0.25, 0.3) is 0 Å². The first-order valence-electron chi connectivity index (χ1n) is 32.7. The maximum Gasteiger partial charge on any atom is 0.0540 e. The minimum Gasteiger partial charge on any atom is -0.310 e. The second kappa shape index (κ2) is 20.2. The Kier molecular flexibility index (Phi) is 12.3. The number of hydrogen-bond acceptors (Lipinski definition) is 2. The van der Waals surface area contributed by atoms with Crippen LogP contribution in [0.25, 0.3) is 67.4 Å². The summed E-state index contributed by atoms with van der Waals surface area (Å²) in [5, 5.41) is 11.6. The Labute approximate surface area is 509 Å². The van der Waals surface area contributed by atoms with Gasteiger partial charge in [-0.05, 0) is 277 Å². The van der Waals surface area contributed by atoms with Gasteiger partial charge in [0.05, 0.1) is 11.4 Å². The molecule has 0 atom stereocenters. The molecule has 11 aromatic carbocycles. The number of aryl methyl sites for hydroxylation is 4.